The van der Waals surface area contributed by atoms with Gasteiger partial charge in [-0.05, 0) is 268 Å². The van der Waals surface area contributed by atoms with E-state index in [4.69, 9.17) is 0 Å². The van der Waals surface area contributed by atoms with Crippen LogP contribution in [0.15, 0.2) is 277 Å². The van der Waals surface area contributed by atoms with Gasteiger partial charge in [0.1, 0.15) is 0 Å². The SMILES string of the molecule is Cc1ccc(CN(c2ccc(C3=C([O-])C(=C4C=CC(=[N+](Cc5ccc(C)cc5C)c5ccc(C)cc5C)C=C4)C3=O)cc2)c2ccc(C)cc2C)c(C)c1.Cc1ccc(N(Cc2ccc(C)c(C)c2)c2ccc(C3=C([O-])C(=C4C=CC(=[N+](Cc5ccc(C)c(C)c5)c5ccc(C)cc5C)C=C4)C3=O)cc2)c(C)c1. The molecular formula is C100H96N4O4. The monoisotopic (exact) mass is 1420 g/mol. The number of anilines is 4. The summed E-state index contributed by atoms with van der Waals surface area (Å²) in [4.78, 5) is 32.0. The Labute approximate surface area is 639 Å². The third kappa shape index (κ3) is 15.6. The van der Waals surface area contributed by atoms with Crippen LogP contribution in [-0.2, 0) is 35.8 Å². The van der Waals surface area contributed by atoms with Crippen LogP contribution in [0.1, 0.15) is 122 Å². The molecule has 0 amide bonds. The molecule has 10 aromatic carbocycles. The van der Waals surface area contributed by atoms with Gasteiger partial charge in [0.2, 0.25) is 22.8 Å². The standard InChI is InChI=1S/2C50H48N2O2/c1-31-9-23-45(37(7)25-31)51(29-39-13-11-33(3)35(5)27-39)43-19-15-41(16-20-43)47-49(53)48(50(47)54)42-17-21-44(22-18-42)52(46-24-10-32(2)26-38(46)8)30-40-14-12-34(4)36(6)28-40;1-31-9-13-41(35(5)25-31)29-51(45-23-11-33(3)27-37(45)7)43-19-15-39(16-20-43)47-49(53)48(50(47)54)40-17-21-44(22-18-40)52(46-24-12-34(4)28-38(46)8)30-42-14-10-32(2)26-36(42)6/h2*9-28H,29-30H2,1-8H3. The maximum absolute atomic E-state index is 13.7. The summed E-state index contributed by atoms with van der Waals surface area (Å²) < 4.78 is 4.62. The minimum absolute atomic E-state index is 0.205. The Morgan fingerprint density at radius 3 is 1.03 bits per heavy atom. The molecule has 10 aromatic rings. The predicted molar refractivity (Wildman–Crippen MR) is 444 cm³/mol. The Bertz CT molecular complexity index is 5640. The van der Waals surface area contributed by atoms with E-state index in [9.17, 15) is 19.8 Å². The first-order chi connectivity index (χ1) is 51.7. The molecular weight excluding hydrogens is 1320 g/mol. The fourth-order valence-electron chi connectivity index (χ4n) is 15.3. The molecule has 0 spiro atoms. The van der Waals surface area contributed by atoms with E-state index in [0.717, 1.165) is 45.5 Å². The van der Waals surface area contributed by atoms with Crippen LogP contribution in [0.25, 0.3) is 11.1 Å². The quantitative estimate of drug-likeness (QED) is 0.0707. The molecule has 0 saturated heterocycles. The van der Waals surface area contributed by atoms with Gasteiger partial charge in [-0.2, -0.15) is 9.15 Å². The molecule has 0 fully saturated rings. The summed E-state index contributed by atoms with van der Waals surface area (Å²) in [5, 5.41) is 27.4. The Morgan fingerprint density at radius 2 is 0.639 bits per heavy atom. The average Bonchev–Trinajstić information content (AvgIpc) is 0.748. The van der Waals surface area contributed by atoms with E-state index < -0.39 is 0 Å². The molecule has 0 radical (unpaired) electrons. The van der Waals surface area contributed by atoms with Crippen molar-refractivity contribution < 1.29 is 29.0 Å². The van der Waals surface area contributed by atoms with Crippen molar-refractivity contribution in [3.8, 4) is 0 Å². The van der Waals surface area contributed by atoms with Crippen molar-refractivity contribution in [3.63, 3.8) is 0 Å². The van der Waals surface area contributed by atoms with Gasteiger partial charge >= 0.3 is 0 Å². The molecule has 4 aliphatic carbocycles. The van der Waals surface area contributed by atoms with Crippen molar-refractivity contribution in [1.82, 2.24) is 0 Å². The van der Waals surface area contributed by atoms with Crippen LogP contribution in [0.4, 0.5) is 34.1 Å². The second kappa shape index (κ2) is 31.2. The van der Waals surface area contributed by atoms with Crippen molar-refractivity contribution in [3.05, 3.63) is 399 Å². The van der Waals surface area contributed by atoms with Gasteiger partial charge in [0.15, 0.2) is 24.7 Å². The first-order valence-corrected chi connectivity index (χ1v) is 37.5. The Balaban J connectivity index is 0.000000190. The number of allylic oxidation sites excluding steroid dienone is 14. The topological polar surface area (TPSA) is 92.8 Å². The summed E-state index contributed by atoms with van der Waals surface area (Å²) >= 11 is 0. The molecule has 0 bridgehead atoms. The van der Waals surface area contributed by atoms with Crippen molar-refractivity contribution in [2.75, 3.05) is 9.80 Å². The van der Waals surface area contributed by atoms with E-state index >= 15 is 0 Å². The highest BCUT2D eigenvalue weighted by Gasteiger charge is 2.34. The number of Topliss-reactive ketones (excluding diaryl/α,β-unsaturated/α-hetero) is 2. The van der Waals surface area contributed by atoms with Crippen LogP contribution < -0.4 is 20.0 Å². The van der Waals surface area contributed by atoms with Crippen molar-refractivity contribution in [2.24, 2.45) is 0 Å². The number of carbonyl (C=O) groups is 2. The minimum atomic E-state index is -0.205. The fraction of sp³-hybridized carbons (Fsp3) is 0.200. The van der Waals surface area contributed by atoms with E-state index in [1.165, 1.54) is 111 Å². The Kier molecular flexibility index (Phi) is 21.5. The van der Waals surface area contributed by atoms with E-state index in [-0.39, 0.29) is 45.4 Å². The maximum atomic E-state index is 13.7. The van der Waals surface area contributed by atoms with Gasteiger partial charge in [-0.3, -0.25) is 9.59 Å². The lowest BCUT2D eigenvalue weighted by molar-refractivity contribution is -0.457. The number of hydrogen-bond donors (Lipinski definition) is 0. The summed E-state index contributed by atoms with van der Waals surface area (Å²) in [6.07, 6.45) is 15.7. The van der Waals surface area contributed by atoms with Crippen LogP contribution in [0.3, 0.4) is 0 Å². The first kappa shape index (κ1) is 74.3. The molecule has 8 nitrogen and oxygen atoms in total. The molecule has 0 N–H and O–H groups in total. The van der Waals surface area contributed by atoms with Crippen LogP contribution in [0.5, 0.6) is 0 Å². The van der Waals surface area contributed by atoms with Crippen LogP contribution in [0.2, 0.25) is 0 Å². The zero-order chi connectivity index (χ0) is 76.5. The number of rotatable bonds is 16. The summed E-state index contributed by atoms with van der Waals surface area (Å²) in [7, 11) is 0. The summed E-state index contributed by atoms with van der Waals surface area (Å²) in [6, 6.07) is 68.2. The molecule has 0 heterocycles. The zero-order valence-corrected chi connectivity index (χ0v) is 65.3. The third-order valence-corrected chi connectivity index (χ3v) is 21.7. The Hall–Kier alpha value is -12.0. The van der Waals surface area contributed by atoms with Gasteiger partial charge in [-0.25, -0.2) is 0 Å². The van der Waals surface area contributed by atoms with Gasteiger partial charge < -0.3 is 20.0 Å². The van der Waals surface area contributed by atoms with E-state index in [2.05, 4.69) is 275 Å². The number of benzene rings is 10. The fourth-order valence-corrected chi connectivity index (χ4v) is 15.3. The van der Waals surface area contributed by atoms with E-state index in [1.807, 2.05) is 97.1 Å². The average molecular weight is 1420 g/mol. The van der Waals surface area contributed by atoms with Gasteiger partial charge in [-0.1, -0.05) is 172 Å². The van der Waals surface area contributed by atoms with E-state index in [1.54, 1.807) is 0 Å². The lowest BCUT2D eigenvalue weighted by Gasteiger charge is -2.33. The predicted octanol–water partition coefficient (Wildman–Crippen LogP) is 21.1. The molecule has 14 rings (SSSR count). The number of hydrogen-bond acceptors (Lipinski definition) is 6. The highest BCUT2D eigenvalue weighted by Crippen LogP contribution is 2.42. The number of aryl methyl sites for hydroxylation is 16. The molecule has 0 aliphatic heterocycles. The van der Waals surface area contributed by atoms with Gasteiger partial charge in [0.05, 0.1) is 0 Å². The van der Waals surface area contributed by atoms with Crippen molar-refractivity contribution in [1.29, 1.82) is 0 Å². The van der Waals surface area contributed by atoms with Crippen LogP contribution in [0, 0.1) is 111 Å². The zero-order valence-electron chi connectivity index (χ0n) is 65.3. The third-order valence-electron chi connectivity index (χ3n) is 21.7. The molecule has 0 saturated carbocycles. The maximum Gasteiger partial charge on any atom is 0.208 e. The smallest absolute Gasteiger partial charge is 0.208 e. The lowest BCUT2D eigenvalue weighted by atomic mass is 9.80. The highest BCUT2D eigenvalue weighted by atomic mass is 16.3. The molecule has 4 aliphatic rings. The molecule has 0 atom stereocenters. The Morgan fingerprint density at radius 1 is 0.287 bits per heavy atom. The van der Waals surface area contributed by atoms with Gasteiger partial charge in [0, 0.05) is 117 Å². The molecule has 108 heavy (non-hydrogen) atoms. The molecule has 0 unspecified atom stereocenters. The molecule has 0 aromatic heterocycles. The second-order valence-electron chi connectivity index (χ2n) is 30.2. The lowest BCUT2D eigenvalue weighted by Crippen LogP contribution is -2.30. The number of carbonyl (C=O) groups excluding carboxylic acids is 2. The second-order valence-corrected chi connectivity index (χ2v) is 30.2. The number of nitrogens with zero attached hydrogens (tertiary/aromatic N) is 4. The van der Waals surface area contributed by atoms with Crippen LogP contribution in [-0.4, -0.2) is 32.1 Å². The van der Waals surface area contributed by atoms with Crippen molar-refractivity contribution >= 4 is 68.3 Å². The van der Waals surface area contributed by atoms with Crippen LogP contribution >= 0.6 is 0 Å². The summed E-state index contributed by atoms with van der Waals surface area (Å²) in [6.45, 7) is 36.9. The van der Waals surface area contributed by atoms with Gasteiger partial charge in [-0.15, -0.1) is 0 Å². The first-order valence-electron chi connectivity index (χ1n) is 37.5. The summed E-state index contributed by atoms with van der Waals surface area (Å²) in [5.74, 6) is -0.821. The molecule has 8 heteroatoms. The van der Waals surface area contributed by atoms with E-state index in [0.29, 0.717) is 48.5 Å². The number of ketones is 2. The molecule has 540 valence electrons. The summed E-state index contributed by atoms with van der Waals surface area (Å²) in [5.41, 5.74) is 36.7. The van der Waals surface area contributed by atoms with Gasteiger partial charge in [0.25, 0.3) is 0 Å². The van der Waals surface area contributed by atoms with Crippen molar-refractivity contribution in [2.45, 2.75) is 137 Å². The highest BCUT2D eigenvalue weighted by molar-refractivity contribution is 6.40. The normalized spacial score (nSPS) is 13.9. The minimum Gasteiger partial charge on any atom is -0.871 e. The largest absolute Gasteiger partial charge is 0.871 e.